The zero-order valence-corrected chi connectivity index (χ0v) is 22.8. The van der Waals surface area contributed by atoms with E-state index in [0.29, 0.717) is 44.1 Å². The lowest BCUT2D eigenvalue weighted by Gasteiger charge is -2.33. The van der Waals surface area contributed by atoms with E-state index in [1.54, 1.807) is 23.0 Å². The number of anilines is 1. The molecule has 0 radical (unpaired) electrons. The number of aryl methyl sites for hydroxylation is 1. The van der Waals surface area contributed by atoms with E-state index in [-0.39, 0.29) is 13.2 Å². The molecule has 1 amide bonds. The Morgan fingerprint density at radius 1 is 1.15 bits per heavy atom. The van der Waals surface area contributed by atoms with Crippen LogP contribution in [0, 0.1) is 6.92 Å². The fourth-order valence-electron chi connectivity index (χ4n) is 4.95. The number of fused-ring (bicyclic) bond motifs is 2. The van der Waals surface area contributed by atoms with Gasteiger partial charge >= 0.3 is 12.1 Å². The molecule has 39 heavy (non-hydrogen) atoms. The van der Waals surface area contributed by atoms with Crippen LogP contribution in [0.1, 0.15) is 16.8 Å². The molecule has 1 aliphatic heterocycles. The van der Waals surface area contributed by atoms with E-state index >= 15 is 0 Å². The van der Waals surface area contributed by atoms with E-state index in [0.717, 1.165) is 43.1 Å². The van der Waals surface area contributed by atoms with Gasteiger partial charge in [-0.15, -0.1) is 11.3 Å². The second-order valence-electron chi connectivity index (χ2n) is 9.32. The highest BCUT2D eigenvalue weighted by Gasteiger charge is 2.28. The zero-order valence-electron chi connectivity index (χ0n) is 22.0. The molecule has 0 aliphatic carbocycles. The van der Waals surface area contributed by atoms with Crippen molar-refractivity contribution >= 4 is 44.8 Å². The summed E-state index contributed by atoms with van der Waals surface area (Å²) < 4.78 is 19.0. The van der Waals surface area contributed by atoms with Gasteiger partial charge in [-0.3, -0.25) is 4.90 Å². The number of carbonyl (C=O) groups excluding carboxylic acids is 1. The summed E-state index contributed by atoms with van der Waals surface area (Å²) in [6.07, 6.45) is 0.492. The number of benzene rings is 1. The van der Waals surface area contributed by atoms with E-state index in [9.17, 15) is 14.7 Å². The minimum Gasteiger partial charge on any atom is -0.495 e. The van der Waals surface area contributed by atoms with E-state index in [4.69, 9.17) is 19.9 Å². The smallest absolute Gasteiger partial charge is 0.407 e. The summed E-state index contributed by atoms with van der Waals surface area (Å²) in [7, 11) is 2.97. The number of rotatable bonds is 8. The molecule has 0 unspecified atom stereocenters. The molecule has 0 spiro atoms. The van der Waals surface area contributed by atoms with Gasteiger partial charge in [-0.05, 0) is 30.0 Å². The number of hydrogen-bond acceptors (Lipinski definition) is 10. The van der Waals surface area contributed by atoms with E-state index in [2.05, 4.69) is 27.1 Å². The van der Waals surface area contributed by atoms with Crippen LogP contribution in [0.3, 0.4) is 0 Å². The molecular formula is C26H30N6O6S. The molecule has 1 saturated heterocycles. The molecule has 4 aromatic rings. The van der Waals surface area contributed by atoms with Gasteiger partial charge in [-0.2, -0.15) is 5.10 Å². The minimum atomic E-state index is -0.919. The highest BCUT2D eigenvalue weighted by molar-refractivity contribution is 7.22. The Hall–Kier alpha value is -3.94. The van der Waals surface area contributed by atoms with Crippen LogP contribution in [-0.2, 0) is 27.4 Å². The number of thiophene rings is 1. The van der Waals surface area contributed by atoms with Crippen LogP contribution in [0.2, 0.25) is 0 Å². The highest BCUT2D eigenvalue weighted by Crippen LogP contribution is 2.44. The number of methoxy groups -OCH3 is 2. The number of aromatic nitrogens is 3. The third kappa shape index (κ3) is 5.20. The number of esters is 1. The standard InChI is InChI=1S/C26H30N6O6S/c1-15-8-16-10-20(39-24(16)19(9-15)36-2)22-17(12-38-13-21(33)37-3)18(32-23(22)25(27)28-14-29-32)11-30-4-6-31(7-5-30)26(34)35/h8-10,14H,4-7,11-13H2,1-3H3,(H,34,35)(H2,27,28,29). The van der Waals surface area contributed by atoms with Crippen LogP contribution < -0.4 is 10.5 Å². The first kappa shape index (κ1) is 26.7. The summed E-state index contributed by atoms with van der Waals surface area (Å²) in [4.78, 5) is 32.0. The third-order valence-corrected chi connectivity index (χ3v) is 8.05. The fraction of sp³-hybridized carbons (Fsp3) is 0.385. The van der Waals surface area contributed by atoms with Gasteiger partial charge in [0.2, 0.25) is 0 Å². The van der Waals surface area contributed by atoms with Gasteiger partial charge < -0.3 is 30.0 Å². The molecular weight excluding hydrogens is 524 g/mol. The van der Waals surface area contributed by atoms with Gasteiger partial charge in [0, 0.05) is 48.7 Å². The molecule has 1 fully saturated rings. The van der Waals surface area contributed by atoms with Crippen LogP contribution in [0.4, 0.5) is 10.6 Å². The number of nitrogens with two attached hydrogens (primary N) is 1. The predicted octanol–water partition coefficient (Wildman–Crippen LogP) is 3.00. The van der Waals surface area contributed by atoms with Crippen LogP contribution >= 0.6 is 11.3 Å². The maximum absolute atomic E-state index is 11.8. The van der Waals surface area contributed by atoms with Crippen molar-refractivity contribution < 1.29 is 28.9 Å². The summed E-state index contributed by atoms with van der Waals surface area (Å²) in [6, 6.07) is 6.20. The van der Waals surface area contributed by atoms with Crippen molar-refractivity contribution in [2.45, 2.75) is 20.1 Å². The van der Waals surface area contributed by atoms with Crippen molar-refractivity contribution in [3.05, 3.63) is 41.3 Å². The van der Waals surface area contributed by atoms with Crippen LogP contribution in [0.15, 0.2) is 24.5 Å². The summed E-state index contributed by atoms with van der Waals surface area (Å²) >= 11 is 1.57. The number of hydrogen-bond donors (Lipinski definition) is 2. The van der Waals surface area contributed by atoms with E-state index < -0.39 is 12.1 Å². The topological polar surface area (TPSA) is 145 Å². The first-order valence-electron chi connectivity index (χ1n) is 12.4. The summed E-state index contributed by atoms with van der Waals surface area (Å²) in [6.45, 7) is 4.36. The highest BCUT2D eigenvalue weighted by atomic mass is 32.1. The van der Waals surface area contributed by atoms with Gasteiger partial charge in [-0.25, -0.2) is 19.1 Å². The summed E-state index contributed by atoms with van der Waals surface area (Å²) in [5, 5.41) is 14.9. The van der Waals surface area contributed by atoms with Crippen LogP contribution in [0.25, 0.3) is 26.0 Å². The summed E-state index contributed by atoms with van der Waals surface area (Å²) in [5.74, 6) is 0.624. The Morgan fingerprint density at radius 3 is 2.62 bits per heavy atom. The molecule has 1 aliphatic rings. The first-order valence-corrected chi connectivity index (χ1v) is 13.2. The number of carboxylic acid groups (broad SMARTS) is 1. The molecule has 1 aromatic carbocycles. The van der Waals surface area contributed by atoms with Gasteiger partial charge in [0.05, 0.1) is 31.2 Å². The van der Waals surface area contributed by atoms with Crippen molar-refractivity contribution in [2.24, 2.45) is 0 Å². The molecule has 5 rings (SSSR count). The lowest BCUT2D eigenvalue weighted by molar-refractivity contribution is -0.146. The summed E-state index contributed by atoms with van der Waals surface area (Å²) in [5.41, 5.74) is 10.7. The Labute approximate surface area is 228 Å². The molecule has 12 nitrogen and oxygen atoms in total. The lowest BCUT2D eigenvalue weighted by Crippen LogP contribution is -2.48. The average molecular weight is 555 g/mol. The van der Waals surface area contributed by atoms with Crippen molar-refractivity contribution in [1.82, 2.24) is 24.4 Å². The number of carbonyl (C=O) groups is 2. The van der Waals surface area contributed by atoms with E-state index in [1.165, 1.54) is 18.3 Å². The molecule has 4 heterocycles. The lowest BCUT2D eigenvalue weighted by atomic mass is 10.1. The second-order valence-corrected chi connectivity index (χ2v) is 10.4. The fourth-order valence-corrected chi connectivity index (χ4v) is 6.15. The normalized spacial score (nSPS) is 14.3. The molecule has 3 N–H and O–H groups in total. The largest absolute Gasteiger partial charge is 0.495 e. The number of piperazine rings is 1. The monoisotopic (exact) mass is 554 g/mol. The Balaban J connectivity index is 1.64. The third-order valence-electron chi connectivity index (χ3n) is 6.86. The van der Waals surface area contributed by atoms with Gasteiger partial charge in [0.25, 0.3) is 0 Å². The number of nitrogen functional groups attached to an aromatic ring is 1. The molecule has 0 saturated carbocycles. The Morgan fingerprint density at radius 2 is 1.92 bits per heavy atom. The molecule has 3 aromatic heterocycles. The molecule has 0 atom stereocenters. The number of nitrogens with zero attached hydrogens (tertiary/aromatic N) is 5. The van der Waals surface area contributed by atoms with Crippen molar-refractivity contribution in [3.63, 3.8) is 0 Å². The van der Waals surface area contributed by atoms with Crippen LogP contribution in [0.5, 0.6) is 5.75 Å². The molecule has 13 heteroatoms. The Bertz CT molecular complexity index is 1540. The van der Waals surface area contributed by atoms with Gasteiger partial charge in [0.1, 0.15) is 24.2 Å². The number of amides is 1. The Kier molecular flexibility index (Phi) is 7.55. The number of ether oxygens (including phenoxy) is 3. The van der Waals surface area contributed by atoms with Crippen molar-refractivity contribution in [3.8, 4) is 16.2 Å². The minimum absolute atomic E-state index is 0.113. The quantitative estimate of drug-likeness (QED) is 0.312. The average Bonchev–Trinajstić information content (AvgIpc) is 3.48. The molecule has 0 bridgehead atoms. The van der Waals surface area contributed by atoms with E-state index in [1.807, 2.05) is 13.0 Å². The van der Waals surface area contributed by atoms with Gasteiger partial charge in [-0.1, -0.05) is 6.07 Å². The maximum Gasteiger partial charge on any atom is 0.407 e. The first-order chi connectivity index (χ1) is 18.8. The second kappa shape index (κ2) is 11.0. The van der Waals surface area contributed by atoms with Crippen LogP contribution in [-0.4, -0.2) is 88.6 Å². The van der Waals surface area contributed by atoms with Crippen molar-refractivity contribution in [1.29, 1.82) is 0 Å². The van der Waals surface area contributed by atoms with Gasteiger partial charge in [0.15, 0.2) is 5.82 Å². The molecule has 206 valence electrons. The zero-order chi connectivity index (χ0) is 27.7. The van der Waals surface area contributed by atoms with Crippen molar-refractivity contribution in [2.75, 3.05) is 52.7 Å². The SMILES string of the molecule is COC(=O)COCc1c(-c2cc3cc(C)cc(OC)c3s2)c2c(N)ncnn2c1CN1CCN(C(=O)O)CC1. The maximum atomic E-state index is 11.8. The predicted molar refractivity (Wildman–Crippen MR) is 146 cm³/mol.